The van der Waals surface area contributed by atoms with Crippen LogP contribution in [0.5, 0.6) is 11.5 Å². The molecular weight excluding hydrogens is 377 g/mol. The van der Waals surface area contributed by atoms with Crippen LogP contribution in [-0.2, 0) is 4.74 Å². The van der Waals surface area contributed by atoms with Crippen molar-refractivity contribution in [3.05, 3.63) is 59.9 Å². The van der Waals surface area contributed by atoms with Crippen LogP contribution in [0.25, 0.3) is 0 Å². The molecule has 0 spiro atoms. The van der Waals surface area contributed by atoms with Gasteiger partial charge >= 0.3 is 5.97 Å². The van der Waals surface area contributed by atoms with E-state index in [1.165, 1.54) is 19.2 Å². The maximum Gasteiger partial charge on any atom is 0.341 e. The number of nitrogens with zero attached hydrogens (tertiary/aromatic N) is 1. The molecule has 7 heteroatoms. The van der Waals surface area contributed by atoms with E-state index in [0.29, 0.717) is 23.6 Å². The molecule has 0 amide bonds. The first-order valence-electron chi connectivity index (χ1n) is 9.68. The molecule has 29 heavy (non-hydrogen) atoms. The number of rotatable bonds is 8. The van der Waals surface area contributed by atoms with Crippen molar-refractivity contribution in [1.29, 1.82) is 0 Å². The number of ether oxygens (including phenoxy) is 3. The van der Waals surface area contributed by atoms with Crippen LogP contribution in [-0.4, -0.2) is 61.5 Å². The SMILES string of the molecule is COC(=O)c1ccccc1OCC(O)CN1CCC(Oc2ccc(F)cc2)CC1. The minimum atomic E-state index is -0.685. The largest absolute Gasteiger partial charge is 0.490 e. The van der Waals surface area contributed by atoms with E-state index in [1.54, 1.807) is 36.4 Å². The van der Waals surface area contributed by atoms with E-state index in [2.05, 4.69) is 4.90 Å². The lowest BCUT2D eigenvalue weighted by molar-refractivity contribution is 0.0392. The molecule has 1 N–H and O–H groups in total. The minimum absolute atomic E-state index is 0.0806. The zero-order chi connectivity index (χ0) is 20.6. The van der Waals surface area contributed by atoms with Crippen LogP contribution in [0.1, 0.15) is 23.2 Å². The third kappa shape index (κ3) is 6.17. The fourth-order valence-corrected chi connectivity index (χ4v) is 3.32. The Balaban J connectivity index is 1.41. The fourth-order valence-electron chi connectivity index (χ4n) is 3.32. The third-order valence-electron chi connectivity index (χ3n) is 4.84. The van der Waals surface area contributed by atoms with Crippen molar-refractivity contribution in [3.63, 3.8) is 0 Å². The predicted octanol–water partition coefficient (Wildman–Crippen LogP) is 2.90. The lowest BCUT2D eigenvalue weighted by Gasteiger charge is -2.33. The summed E-state index contributed by atoms with van der Waals surface area (Å²) in [5.74, 6) is 0.309. The van der Waals surface area contributed by atoms with Crippen molar-refractivity contribution in [2.45, 2.75) is 25.0 Å². The summed E-state index contributed by atoms with van der Waals surface area (Å²) in [6, 6.07) is 12.8. The summed E-state index contributed by atoms with van der Waals surface area (Å²) in [7, 11) is 1.32. The molecule has 2 aromatic rings. The van der Waals surface area contributed by atoms with E-state index in [0.717, 1.165) is 25.9 Å². The Kier molecular flexibility index (Phi) is 7.43. The number of benzene rings is 2. The zero-order valence-corrected chi connectivity index (χ0v) is 16.4. The Hall–Kier alpha value is -2.64. The van der Waals surface area contributed by atoms with Crippen LogP contribution in [0, 0.1) is 5.82 Å². The maximum atomic E-state index is 13.0. The number of piperidine rings is 1. The molecule has 6 nitrogen and oxygen atoms in total. The predicted molar refractivity (Wildman–Crippen MR) is 106 cm³/mol. The van der Waals surface area contributed by atoms with E-state index in [9.17, 15) is 14.3 Å². The Bertz CT molecular complexity index is 790. The molecule has 1 saturated heterocycles. The molecule has 0 aromatic heterocycles. The van der Waals surface area contributed by atoms with Gasteiger partial charge in [-0.05, 0) is 49.2 Å². The van der Waals surface area contributed by atoms with Gasteiger partial charge in [0.1, 0.15) is 41.7 Å². The van der Waals surface area contributed by atoms with E-state index >= 15 is 0 Å². The standard InChI is InChI=1S/C22H26FNO5/c1-27-22(26)20-4-2-3-5-21(20)28-15-17(25)14-24-12-10-19(11-13-24)29-18-8-6-16(23)7-9-18/h2-9,17,19,25H,10-15H2,1H3. The number of carbonyl (C=O) groups is 1. The number of esters is 1. The Morgan fingerprint density at radius 3 is 2.55 bits per heavy atom. The number of halogens is 1. The van der Waals surface area contributed by atoms with Gasteiger partial charge < -0.3 is 24.2 Å². The summed E-state index contributed by atoms with van der Waals surface area (Å²) in [5.41, 5.74) is 0.334. The number of hydrogen-bond donors (Lipinski definition) is 1. The summed E-state index contributed by atoms with van der Waals surface area (Å²) >= 11 is 0. The van der Waals surface area contributed by atoms with Crippen LogP contribution in [0.3, 0.4) is 0 Å². The number of aliphatic hydroxyl groups is 1. The molecule has 0 aliphatic carbocycles. The lowest BCUT2D eigenvalue weighted by Crippen LogP contribution is -2.43. The minimum Gasteiger partial charge on any atom is -0.490 e. The van der Waals surface area contributed by atoms with Crippen molar-refractivity contribution in [1.82, 2.24) is 4.90 Å². The highest BCUT2D eigenvalue weighted by molar-refractivity contribution is 5.92. The van der Waals surface area contributed by atoms with Crippen LogP contribution < -0.4 is 9.47 Å². The second kappa shape index (κ2) is 10.2. The van der Waals surface area contributed by atoms with Gasteiger partial charge in [-0.15, -0.1) is 0 Å². The third-order valence-corrected chi connectivity index (χ3v) is 4.84. The lowest BCUT2D eigenvalue weighted by atomic mass is 10.1. The first-order valence-corrected chi connectivity index (χ1v) is 9.68. The first kappa shape index (κ1) is 21.1. The number of carbonyl (C=O) groups excluding carboxylic acids is 1. The average Bonchev–Trinajstić information content (AvgIpc) is 2.75. The molecule has 0 saturated carbocycles. The summed E-state index contributed by atoms with van der Waals surface area (Å²) < 4.78 is 29.2. The first-order chi connectivity index (χ1) is 14.0. The van der Waals surface area contributed by atoms with Gasteiger partial charge in [0.2, 0.25) is 0 Å². The summed E-state index contributed by atoms with van der Waals surface area (Å²) in [6.45, 7) is 2.15. The van der Waals surface area contributed by atoms with E-state index in [1.807, 2.05) is 0 Å². The van der Waals surface area contributed by atoms with Gasteiger partial charge in [-0.25, -0.2) is 9.18 Å². The number of para-hydroxylation sites is 1. The zero-order valence-electron chi connectivity index (χ0n) is 16.4. The van der Waals surface area contributed by atoms with Gasteiger partial charge in [0.05, 0.1) is 7.11 Å². The highest BCUT2D eigenvalue weighted by Gasteiger charge is 2.23. The van der Waals surface area contributed by atoms with Gasteiger partial charge in [-0.2, -0.15) is 0 Å². The summed E-state index contributed by atoms with van der Waals surface area (Å²) in [4.78, 5) is 13.9. The molecule has 3 rings (SSSR count). The molecule has 1 aliphatic rings. The Morgan fingerprint density at radius 1 is 1.17 bits per heavy atom. The normalized spacial score (nSPS) is 16.2. The van der Waals surface area contributed by atoms with Crippen molar-refractivity contribution < 1.29 is 28.5 Å². The molecular formula is C22H26FNO5. The second-order valence-electron chi connectivity index (χ2n) is 7.02. The molecule has 0 bridgehead atoms. The number of β-amino-alcohol motifs (C(OH)–C–C–N with tert-alkyl or cyclic N) is 1. The number of likely N-dealkylation sites (tertiary alicyclic amines) is 1. The van der Waals surface area contributed by atoms with Crippen molar-refractivity contribution in [2.24, 2.45) is 0 Å². The van der Waals surface area contributed by atoms with E-state index in [4.69, 9.17) is 14.2 Å². The summed E-state index contributed by atoms with van der Waals surface area (Å²) in [5, 5.41) is 10.3. The van der Waals surface area contributed by atoms with Crippen LogP contribution in [0.4, 0.5) is 4.39 Å². The summed E-state index contributed by atoms with van der Waals surface area (Å²) in [6.07, 6.45) is 1.05. The fraction of sp³-hybridized carbons (Fsp3) is 0.409. The Labute approximate surface area is 169 Å². The average molecular weight is 403 g/mol. The molecule has 0 radical (unpaired) electrons. The molecule has 1 atom stereocenters. The molecule has 2 aromatic carbocycles. The molecule has 156 valence electrons. The van der Waals surface area contributed by atoms with Crippen LogP contribution in [0.2, 0.25) is 0 Å². The number of methoxy groups -OCH3 is 1. The molecule has 1 aliphatic heterocycles. The van der Waals surface area contributed by atoms with E-state index < -0.39 is 12.1 Å². The second-order valence-corrected chi connectivity index (χ2v) is 7.02. The van der Waals surface area contributed by atoms with Gasteiger partial charge in [-0.3, -0.25) is 0 Å². The topological polar surface area (TPSA) is 68.2 Å². The quantitative estimate of drug-likeness (QED) is 0.684. The highest BCUT2D eigenvalue weighted by atomic mass is 19.1. The van der Waals surface area contributed by atoms with Gasteiger partial charge in [-0.1, -0.05) is 12.1 Å². The molecule has 1 heterocycles. The highest BCUT2D eigenvalue weighted by Crippen LogP contribution is 2.21. The van der Waals surface area contributed by atoms with Gasteiger partial charge in [0, 0.05) is 19.6 Å². The van der Waals surface area contributed by atoms with Gasteiger partial charge in [0.15, 0.2) is 0 Å². The van der Waals surface area contributed by atoms with Crippen LogP contribution >= 0.6 is 0 Å². The van der Waals surface area contributed by atoms with Gasteiger partial charge in [0.25, 0.3) is 0 Å². The van der Waals surface area contributed by atoms with Crippen molar-refractivity contribution in [2.75, 3.05) is 33.4 Å². The van der Waals surface area contributed by atoms with Crippen LogP contribution in [0.15, 0.2) is 48.5 Å². The molecule has 1 fully saturated rings. The molecule has 1 unspecified atom stereocenters. The Morgan fingerprint density at radius 2 is 1.86 bits per heavy atom. The van der Waals surface area contributed by atoms with E-state index in [-0.39, 0.29) is 18.5 Å². The number of hydrogen-bond acceptors (Lipinski definition) is 6. The number of aliphatic hydroxyl groups excluding tert-OH is 1. The monoisotopic (exact) mass is 403 g/mol. The van der Waals surface area contributed by atoms with Crippen molar-refractivity contribution >= 4 is 5.97 Å². The van der Waals surface area contributed by atoms with Crippen molar-refractivity contribution in [3.8, 4) is 11.5 Å². The maximum absolute atomic E-state index is 13.0. The smallest absolute Gasteiger partial charge is 0.341 e.